The minimum absolute atomic E-state index is 0.0296. The van der Waals surface area contributed by atoms with Gasteiger partial charge in [-0.15, -0.1) is 11.3 Å². The van der Waals surface area contributed by atoms with Gasteiger partial charge in [0.25, 0.3) is 11.5 Å². The van der Waals surface area contributed by atoms with E-state index in [9.17, 15) is 27.2 Å². The zero-order valence-electron chi connectivity index (χ0n) is 28.4. The number of rotatable bonds is 11. The van der Waals surface area contributed by atoms with Crippen molar-refractivity contribution in [2.45, 2.75) is 107 Å². The van der Waals surface area contributed by atoms with Crippen LogP contribution in [0, 0.1) is 12.7 Å². The normalized spacial score (nSPS) is 22.1. The SMILES string of the molecule is COc1ccc(F)cc1[C@H](Cn1c(=O)n(C(C)(C)C(=O)NS(=O)(=O)C2(C)CC2)c(=O)c2c(C)c(-c3ncco3)sc21)O[C@@H]1C[C@H]2CC[C@@H](C1)O2. The number of benzene rings is 1. The molecule has 1 saturated carbocycles. The van der Waals surface area contributed by atoms with Crippen molar-refractivity contribution in [3.05, 3.63) is 68.4 Å². The van der Waals surface area contributed by atoms with E-state index >= 15 is 0 Å². The van der Waals surface area contributed by atoms with Gasteiger partial charge in [-0.2, -0.15) is 0 Å². The lowest BCUT2D eigenvalue weighted by Crippen LogP contribution is -2.57. The van der Waals surface area contributed by atoms with E-state index in [4.69, 9.17) is 18.6 Å². The van der Waals surface area contributed by atoms with Gasteiger partial charge in [0, 0.05) is 5.56 Å². The molecule has 5 heterocycles. The fraction of sp³-hybridized carbons (Fsp3) is 0.529. The summed E-state index contributed by atoms with van der Waals surface area (Å²) in [6.45, 7) is 5.66. The second kappa shape index (κ2) is 12.4. The average Bonchev–Trinajstić information content (AvgIpc) is 3.35. The number of hydrogen-bond acceptors (Lipinski definition) is 11. The number of amides is 1. The van der Waals surface area contributed by atoms with Crippen molar-refractivity contribution in [1.82, 2.24) is 18.8 Å². The Labute approximate surface area is 291 Å². The molecule has 4 aromatic rings. The number of hydrogen-bond donors (Lipinski definition) is 1. The molecule has 0 spiro atoms. The predicted molar refractivity (Wildman–Crippen MR) is 182 cm³/mol. The molecule has 2 aliphatic heterocycles. The molecular formula is C34H39FN4O9S2. The molecule has 2 bridgehead atoms. The molecule has 16 heteroatoms. The van der Waals surface area contributed by atoms with Gasteiger partial charge in [-0.05, 0) is 90.0 Å². The monoisotopic (exact) mass is 730 g/mol. The van der Waals surface area contributed by atoms with Gasteiger partial charge >= 0.3 is 5.69 Å². The molecule has 268 valence electrons. The zero-order valence-corrected chi connectivity index (χ0v) is 30.0. The van der Waals surface area contributed by atoms with E-state index in [0.29, 0.717) is 47.4 Å². The van der Waals surface area contributed by atoms with Crippen LogP contribution in [0.5, 0.6) is 5.75 Å². The molecule has 1 amide bonds. The molecule has 0 unspecified atom stereocenters. The molecule has 50 heavy (non-hydrogen) atoms. The number of nitrogens with zero attached hydrogens (tertiary/aromatic N) is 3. The Hall–Kier alpha value is -3.86. The van der Waals surface area contributed by atoms with Crippen molar-refractivity contribution >= 4 is 37.5 Å². The van der Waals surface area contributed by atoms with Gasteiger partial charge in [0.15, 0.2) is 0 Å². The number of halogens is 1. The number of aryl methyl sites for hydroxylation is 1. The summed E-state index contributed by atoms with van der Waals surface area (Å²) in [4.78, 5) is 47.9. The van der Waals surface area contributed by atoms with E-state index in [2.05, 4.69) is 9.71 Å². The van der Waals surface area contributed by atoms with E-state index in [-0.39, 0.29) is 41.0 Å². The zero-order chi connectivity index (χ0) is 35.7. The second-order valence-electron chi connectivity index (χ2n) is 14.1. The number of nitrogens with one attached hydrogen (secondary N) is 1. The summed E-state index contributed by atoms with van der Waals surface area (Å²) in [6.07, 6.45) is 5.49. The van der Waals surface area contributed by atoms with Crippen LogP contribution < -0.4 is 20.7 Å². The van der Waals surface area contributed by atoms with E-state index < -0.39 is 49.4 Å². The average molecular weight is 731 g/mol. The Morgan fingerprint density at radius 1 is 1.22 bits per heavy atom. The number of ether oxygens (including phenoxy) is 3. The smallest absolute Gasteiger partial charge is 0.333 e. The maximum absolute atomic E-state index is 14.9. The predicted octanol–water partition coefficient (Wildman–Crippen LogP) is 4.54. The van der Waals surface area contributed by atoms with Gasteiger partial charge in [0.2, 0.25) is 15.9 Å². The summed E-state index contributed by atoms with van der Waals surface area (Å²) in [5.41, 5.74) is -2.83. The fourth-order valence-electron chi connectivity index (χ4n) is 6.95. The highest BCUT2D eigenvalue weighted by Gasteiger charge is 2.52. The van der Waals surface area contributed by atoms with Gasteiger partial charge in [0.05, 0.1) is 53.2 Å². The standard InChI is InChI=1S/C34H39FN4O9S2/c1-18-26-29(40)39(33(2,3)31(41)37-50(43,44)34(4)10-11-34)32(42)38(30(26)49-27(18)28-36-12-13-46-28)17-25(23-14-19(35)6-9-24(23)45-5)48-22-15-20-7-8-21(16-22)47-20/h6,9,12-14,20-22,25H,7-8,10-11,15-17H2,1-5H3,(H,37,41)/t20-,21+,22-,25-/m0/s1. The molecule has 7 rings (SSSR count). The van der Waals surface area contributed by atoms with Gasteiger partial charge in [-0.3, -0.25) is 18.9 Å². The first kappa shape index (κ1) is 34.6. The molecule has 1 aliphatic carbocycles. The van der Waals surface area contributed by atoms with Crippen molar-refractivity contribution < 1.29 is 36.2 Å². The first-order valence-electron chi connectivity index (χ1n) is 16.5. The molecule has 4 atom stereocenters. The Morgan fingerprint density at radius 2 is 1.92 bits per heavy atom. The summed E-state index contributed by atoms with van der Waals surface area (Å²) in [6, 6.07) is 4.05. The van der Waals surface area contributed by atoms with Gasteiger partial charge in [0.1, 0.15) is 34.3 Å². The van der Waals surface area contributed by atoms with Crippen LogP contribution in [0.3, 0.4) is 0 Å². The number of sulfonamides is 1. The lowest BCUT2D eigenvalue weighted by molar-refractivity contribution is -0.126. The number of thiophene rings is 1. The largest absolute Gasteiger partial charge is 0.496 e. The van der Waals surface area contributed by atoms with Crippen molar-refractivity contribution in [3.63, 3.8) is 0 Å². The third-order valence-electron chi connectivity index (χ3n) is 10.3. The van der Waals surface area contributed by atoms with E-state index in [1.807, 2.05) is 0 Å². The topological polar surface area (TPSA) is 161 Å². The number of carbonyl (C=O) groups is 1. The highest BCUT2D eigenvalue weighted by molar-refractivity contribution is 7.91. The molecular weight excluding hydrogens is 692 g/mol. The summed E-state index contributed by atoms with van der Waals surface area (Å²) in [5, 5.41) is 0.120. The lowest BCUT2D eigenvalue weighted by atomic mass is 10.0. The van der Waals surface area contributed by atoms with Crippen LogP contribution in [-0.2, 0) is 36.4 Å². The number of methoxy groups -OCH3 is 1. The molecule has 3 aliphatic rings. The maximum Gasteiger partial charge on any atom is 0.333 e. The van der Waals surface area contributed by atoms with Crippen LogP contribution in [0.15, 0.2) is 44.7 Å². The van der Waals surface area contributed by atoms with E-state index in [0.717, 1.165) is 28.7 Å². The fourth-order valence-corrected chi connectivity index (χ4v) is 9.57. The van der Waals surface area contributed by atoms with Crippen LogP contribution in [0.2, 0.25) is 0 Å². The van der Waals surface area contributed by atoms with E-state index in [1.165, 1.54) is 63.1 Å². The Bertz CT molecular complexity index is 2190. The number of oxazole rings is 1. The second-order valence-corrected chi connectivity index (χ2v) is 17.3. The van der Waals surface area contributed by atoms with Crippen LogP contribution in [0.1, 0.15) is 76.5 Å². The maximum atomic E-state index is 14.9. The molecule has 2 saturated heterocycles. The molecule has 1 aromatic carbocycles. The van der Waals surface area contributed by atoms with Crippen LogP contribution >= 0.6 is 11.3 Å². The van der Waals surface area contributed by atoms with Crippen molar-refractivity contribution in [2.75, 3.05) is 7.11 Å². The summed E-state index contributed by atoms with van der Waals surface area (Å²) in [5.74, 6) is -1.00. The third-order valence-corrected chi connectivity index (χ3v) is 13.7. The molecule has 3 fully saturated rings. The summed E-state index contributed by atoms with van der Waals surface area (Å²) < 4.78 is 68.1. The quantitative estimate of drug-likeness (QED) is 0.232. The highest BCUT2D eigenvalue weighted by atomic mass is 32.2. The summed E-state index contributed by atoms with van der Waals surface area (Å²) in [7, 11) is -2.64. The molecule has 1 N–H and O–H groups in total. The summed E-state index contributed by atoms with van der Waals surface area (Å²) >= 11 is 1.11. The minimum Gasteiger partial charge on any atom is -0.496 e. The Balaban J connectivity index is 1.40. The minimum atomic E-state index is -4.10. The van der Waals surface area contributed by atoms with Crippen molar-refractivity contribution in [3.8, 4) is 16.5 Å². The number of carbonyl (C=O) groups excluding carboxylic acids is 1. The lowest BCUT2D eigenvalue weighted by Gasteiger charge is -2.33. The van der Waals surface area contributed by atoms with Crippen molar-refractivity contribution in [1.29, 1.82) is 0 Å². The molecule has 0 radical (unpaired) electrons. The first-order chi connectivity index (χ1) is 23.6. The van der Waals surface area contributed by atoms with E-state index in [1.54, 1.807) is 6.92 Å². The Kier molecular flexibility index (Phi) is 8.59. The highest BCUT2D eigenvalue weighted by Crippen LogP contribution is 2.43. The molecule has 3 aromatic heterocycles. The van der Waals surface area contributed by atoms with Gasteiger partial charge in [-0.25, -0.2) is 27.2 Å². The van der Waals surface area contributed by atoms with Gasteiger partial charge in [-0.1, -0.05) is 0 Å². The van der Waals surface area contributed by atoms with Crippen LogP contribution in [-0.4, -0.2) is 58.6 Å². The van der Waals surface area contributed by atoms with Crippen molar-refractivity contribution in [2.24, 2.45) is 0 Å². The third kappa shape index (κ3) is 5.89. The van der Waals surface area contributed by atoms with Crippen LogP contribution in [0.4, 0.5) is 4.39 Å². The number of fused-ring (bicyclic) bond motifs is 3. The van der Waals surface area contributed by atoms with Gasteiger partial charge < -0.3 is 18.6 Å². The number of aromatic nitrogens is 3. The first-order valence-corrected chi connectivity index (χ1v) is 18.8. The molecule has 13 nitrogen and oxygen atoms in total. The van der Waals surface area contributed by atoms with Crippen LogP contribution in [0.25, 0.3) is 21.0 Å². The Morgan fingerprint density at radius 3 is 2.54 bits per heavy atom.